The van der Waals surface area contributed by atoms with E-state index in [4.69, 9.17) is 15.0 Å². The zero-order valence-electron chi connectivity index (χ0n) is 18.2. The van der Waals surface area contributed by atoms with Crippen LogP contribution in [0.4, 0.5) is 0 Å². The van der Waals surface area contributed by atoms with Gasteiger partial charge in [-0.05, 0) is 49.9 Å². The SMILES string of the molecule is Cc1c(-c2noc(-c3cnc(OC(C)C)c(C#N)c3)n2)ccc2c1CCNC2C(=O)CN. The van der Waals surface area contributed by atoms with Crippen molar-refractivity contribution in [2.24, 2.45) is 5.73 Å². The molecular formula is C23H24N6O3. The molecule has 4 rings (SSSR count). The molecule has 0 spiro atoms. The van der Waals surface area contributed by atoms with Crippen LogP contribution >= 0.6 is 0 Å². The molecule has 9 nitrogen and oxygen atoms in total. The monoisotopic (exact) mass is 432 g/mol. The van der Waals surface area contributed by atoms with Gasteiger partial charge < -0.3 is 20.3 Å². The average molecular weight is 432 g/mol. The smallest absolute Gasteiger partial charge is 0.259 e. The number of rotatable bonds is 6. The molecule has 0 amide bonds. The summed E-state index contributed by atoms with van der Waals surface area (Å²) in [6.45, 7) is 6.41. The summed E-state index contributed by atoms with van der Waals surface area (Å²) in [4.78, 5) is 21.0. The first-order valence-electron chi connectivity index (χ1n) is 10.4. The Kier molecular flexibility index (Phi) is 5.99. The number of nitrogens with one attached hydrogen (secondary N) is 1. The van der Waals surface area contributed by atoms with Crippen LogP contribution in [0.15, 0.2) is 28.9 Å². The van der Waals surface area contributed by atoms with E-state index in [0.717, 1.165) is 28.7 Å². The van der Waals surface area contributed by atoms with E-state index < -0.39 is 0 Å². The van der Waals surface area contributed by atoms with Crippen LogP contribution in [0.25, 0.3) is 22.8 Å². The van der Waals surface area contributed by atoms with Crippen LogP contribution in [0.5, 0.6) is 5.88 Å². The van der Waals surface area contributed by atoms with Crippen LogP contribution in [0.3, 0.4) is 0 Å². The maximum absolute atomic E-state index is 12.2. The first-order chi connectivity index (χ1) is 15.4. The second-order valence-corrected chi connectivity index (χ2v) is 7.89. The number of aromatic nitrogens is 3. The first kappa shape index (κ1) is 21.6. The van der Waals surface area contributed by atoms with E-state index in [1.165, 1.54) is 0 Å². The third-order valence-corrected chi connectivity index (χ3v) is 5.43. The highest BCUT2D eigenvalue weighted by Crippen LogP contribution is 2.33. The van der Waals surface area contributed by atoms with Gasteiger partial charge in [0.25, 0.3) is 5.89 Å². The lowest BCUT2D eigenvalue weighted by Crippen LogP contribution is -2.38. The molecule has 1 atom stereocenters. The van der Waals surface area contributed by atoms with E-state index in [1.807, 2.05) is 32.9 Å². The van der Waals surface area contributed by atoms with Crippen molar-refractivity contribution in [3.63, 3.8) is 0 Å². The van der Waals surface area contributed by atoms with Gasteiger partial charge in [-0.25, -0.2) is 4.98 Å². The molecule has 9 heteroatoms. The van der Waals surface area contributed by atoms with Crippen molar-refractivity contribution in [3.05, 3.63) is 46.6 Å². The van der Waals surface area contributed by atoms with Gasteiger partial charge in [-0.15, -0.1) is 0 Å². The number of carbonyl (C=O) groups excluding carboxylic acids is 1. The third-order valence-electron chi connectivity index (χ3n) is 5.43. The highest BCUT2D eigenvalue weighted by Gasteiger charge is 2.27. The van der Waals surface area contributed by atoms with Gasteiger partial charge in [-0.2, -0.15) is 10.2 Å². The predicted molar refractivity (Wildman–Crippen MR) is 117 cm³/mol. The molecule has 0 bridgehead atoms. The summed E-state index contributed by atoms with van der Waals surface area (Å²) in [5.41, 5.74) is 10.3. The molecule has 0 aliphatic carbocycles. The van der Waals surface area contributed by atoms with E-state index in [-0.39, 0.29) is 36.2 Å². The van der Waals surface area contributed by atoms with Crippen molar-refractivity contribution in [3.8, 4) is 34.8 Å². The molecule has 3 aromatic rings. The van der Waals surface area contributed by atoms with Gasteiger partial charge in [-0.1, -0.05) is 17.3 Å². The van der Waals surface area contributed by atoms with Gasteiger partial charge in [0.1, 0.15) is 11.6 Å². The Balaban J connectivity index is 1.68. The Morgan fingerprint density at radius 2 is 2.25 bits per heavy atom. The van der Waals surface area contributed by atoms with E-state index in [2.05, 4.69) is 26.5 Å². The maximum atomic E-state index is 12.2. The highest BCUT2D eigenvalue weighted by molar-refractivity contribution is 5.88. The standard InChI is InChI=1S/C23H24N6O3/c1-12(2)31-22-14(9-24)8-15(11-27-22)23-28-21(29-32-23)17-4-5-18-16(13(17)3)6-7-26-20(18)19(30)10-25/h4-5,8,11-12,20,26H,6-7,10,25H2,1-3H3. The number of hydrogen-bond acceptors (Lipinski definition) is 9. The number of pyridine rings is 1. The summed E-state index contributed by atoms with van der Waals surface area (Å²) in [6, 6.07) is 7.14. The Morgan fingerprint density at radius 1 is 1.44 bits per heavy atom. The summed E-state index contributed by atoms with van der Waals surface area (Å²) >= 11 is 0. The van der Waals surface area contributed by atoms with Crippen molar-refractivity contribution in [2.75, 3.05) is 13.1 Å². The number of carbonyl (C=O) groups is 1. The second-order valence-electron chi connectivity index (χ2n) is 7.89. The van der Waals surface area contributed by atoms with Gasteiger partial charge in [-0.3, -0.25) is 4.79 Å². The predicted octanol–water partition coefficient (Wildman–Crippen LogP) is 2.48. The molecule has 1 aliphatic rings. The Bertz CT molecular complexity index is 1210. The number of nitrogens with two attached hydrogens (primary N) is 1. The van der Waals surface area contributed by atoms with E-state index in [1.54, 1.807) is 12.3 Å². The number of fused-ring (bicyclic) bond motifs is 1. The lowest BCUT2D eigenvalue weighted by Gasteiger charge is -2.27. The molecule has 0 radical (unpaired) electrons. The molecule has 32 heavy (non-hydrogen) atoms. The van der Waals surface area contributed by atoms with E-state index in [0.29, 0.717) is 23.5 Å². The second kappa shape index (κ2) is 8.86. The number of nitrogens with zero attached hydrogens (tertiary/aromatic N) is 4. The first-order valence-corrected chi connectivity index (χ1v) is 10.4. The molecule has 1 unspecified atom stereocenters. The molecule has 1 aromatic carbocycles. The number of nitriles is 1. The number of Topliss-reactive ketones (excluding diaryl/α,β-unsaturated/α-hetero) is 1. The third kappa shape index (κ3) is 3.98. The fourth-order valence-corrected chi connectivity index (χ4v) is 3.90. The molecule has 3 heterocycles. The van der Waals surface area contributed by atoms with Gasteiger partial charge in [0.15, 0.2) is 5.78 Å². The van der Waals surface area contributed by atoms with Crippen LogP contribution in [0.2, 0.25) is 0 Å². The topological polar surface area (TPSA) is 140 Å². The van der Waals surface area contributed by atoms with E-state index in [9.17, 15) is 10.1 Å². The maximum Gasteiger partial charge on any atom is 0.259 e. The van der Waals surface area contributed by atoms with Gasteiger partial charge >= 0.3 is 0 Å². The molecule has 0 saturated carbocycles. The quantitative estimate of drug-likeness (QED) is 0.601. The Hall–Kier alpha value is -3.61. The molecule has 2 aromatic heterocycles. The van der Waals surface area contributed by atoms with Crippen LogP contribution in [-0.2, 0) is 11.2 Å². The molecule has 0 saturated heterocycles. The summed E-state index contributed by atoms with van der Waals surface area (Å²) in [5.74, 6) is 0.925. The van der Waals surface area contributed by atoms with Gasteiger partial charge in [0.2, 0.25) is 11.7 Å². The molecular weight excluding hydrogens is 408 g/mol. The minimum absolute atomic E-state index is 0.00811. The molecule has 0 fully saturated rings. The summed E-state index contributed by atoms with van der Waals surface area (Å²) in [6.07, 6.45) is 2.24. The van der Waals surface area contributed by atoms with Crippen LogP contribution < -0.4 is 15.8 Å². The van der Waals surface area contributed by atoms with Crippen LogP contribution in [0, 0.1) is 18.3 Å². The minimum Gasteiger partial charge on any atom is -0.474 e. The fourth-order valence-electron chi connectivity index (χ4n) is 3.90. The zero-order valence-corrected chi connectivity index (χ0v) is 18.2. The molecule has 1 aliphatic heterocycles. The zero-order chi connectivity index (χ0) is 22.8. The number of benzene rings is 1. The average Bonchev–Trinajstić information content (AvgIpc) is 3.28. The summed E-state index contributed by atoms with van der Waals surface area (Å²) in [5, 5.41) is 16.8. The Labute approximate surface area is 185 Å². The minimum atomic E-state index is -0.389. The van der Waals surface area contributed by atoms with Crippen molar-refractivity contribution in [1.29, 1.82) is 5.26 Å². The molecule has 164 valence electrons. The van der Waals surface area contributed by atoms with Crippen molar-refractivity contribution >= 4 is 5.78 Å². The Morgan fingerprint density at radius 3 is 2.97 bits per heavy atom. The van der Waals surface area contributed by atoms with Crippen LogP contribution in [-0.4, -0.2) is 40.1 Å². The van der Waals surface area contributed by atoms with Crippen molar-refractivity contribution in [1.82, 2.24) is 20.4 Å². The van der Waals surface area contributed by atoms with Crippen LogP contribution in [0.1, 0.15) is 42.1 Å². The normalized spacial score (nSPS) is 15.3. The van der Waals surface area contributed by atoms with Crippen molar-refractivity contribution in [2.45, 2.75) is 39.3 Å². The lowest BCUT2D eigenvalue weighted by molar-refractivity contribution is -0.120. The number of ketones is 1. The number of ether oxygens (including phenoxy) is 1. The highest BCUT2D eigenvalue weighted by atomic mass is 16.5. The van der Waals surface area contributed by atoms with Crippen molar-refractivity contribution < 1.29 is 14.1 Å². The largest absolute Gasteiger partial charge is 0.474 e. The van der Waals surface area contributed by atoms with E-state index >= 15 is 0 Å². The van der Waals surface area contributed by atoms with Gasteiger partial charge in [0.05, 0.1) is 24.3 Å². The summed E-state index contributed by atoms with van der Waals surface area (Å²) in [7, 11) is 0. The summed E-state index contributed by atoms with van der Waals surface area (Å²) < 4.78 is 11.0. The number of hydrogen-bond donors (Lipinski definition) is 2. The fraction of sp³-hybridized carbons (Fsp3) is 0.348. The lowest BCUT2D eigenvalue weighted by atomic mass is 9.86. The molecule has 3 N–H and O–H groups in total. The van der Waals surface area contributed by atoms with Gasteiger partial charge in [0, 0.05) is 18.3 Å².